The molecule has 5 heteroatoms. The Labute approximate surface area is 107 Å². The lowest BCUT2D eigenvalue weighted by Gasteiger charge is -2.13. The van der Waals surface area contributed by atoms with Crippen molar-refractivity contribution >= 4 is 17.5 Å². The van der Waals surface area contributed by atoms with Crippen LogP contribution in [0.15, 0.2) is 18.2 Å². The normalized spacial score (nSPS) is 11.9. The zero-order valence-corrected chi connectivity index (χ0v) is 10.7. The Morgan fingerprint density at radius 3 is 2.06 bits per heavy atom. The Bertz CT molecular complexity index is 425. The van der Waals surface area contributed by atoms with E-state index in [-0.39, 0.29) is 11.1 Å². The molecule has 0 aliphatic heterocycles. The van der Waals surface area contributed by atoms with Gasteiger partial charge in [0.15, 0.2) is 0 Å². The molecule has 0 saturated carbocycles. The summed E-state index contributed by atoms with van der Waals surface area (Å²) in [5, 5.41) is 3.17. The molecule has 0 aliphatic rings. The number of nitrogens with two attached hydrogens (primary N) is 2. The van der Waals surface area contributed by atoms with Gasteiger partial charge < -0.3 is 16.8 Å². The Balaban J connectivity index is 2.96. The first-order valence-corrected chi connectivity index (χ1v) is 5.92. The zero-order valence-electron chi connectivity index (χ0n) is 10.7. The monoisotopic (exact) mass is 249 g/mol. The number of hydrogen-bond acceptors (Lipinski definition) is 3. The number of anilines is 1. The molecule has 1 aromatic rings. The third-order valence-electron chi connectivity index (χ3n) is 2.85. The fourth-order valence-corrected chi connectivity index (χ4v) is 1.45. The standard InChI is InChI=1S/C13H19N3O2/c1-3-8(2)7-16-11-5-9(12(14)17)4-10(6-11)13(15)18/h4-6,8,16H,3,7H2,1-2H3,(H2,14,17)(H2,15,18). The van der Waals surface area contributed by atoms with Crippen molar-refractivity contribution in [1.82, 2.24) is 0 Å². The van der Waals surface area contributed by atoms with Crippen molar-refractivity contribution in [2.75, 3.05) is 11.9 Å². The second-order valence-corrected chi connectivity index (χ2v) is 4.42. The van der Waals surface area contributed by atoms with Gasteiger partial charge in [-0.1, -0.05) is 20.3 Å². The predicted molar refractivity (Wildman–Crippen MR) is 71.4 cm³/mol. The van der Waals surface area contributed by atoms with Crippen molar-refractivity contribution in [3.05, 3.63) is 29.3 Å². The van der Waals surface area contributed by atoms with E-state index in [0.29, 0.717) is 11.6 Å². The first-order chi connectivity index (χ1) is 8.43. The number of amides is 2. The van der Waals surface area contributed by atoms with Gasteiger partial charge in [-0.2, -0.15) is 0 Å². The average Bonchev–Trinajstić information content (AvgIpc) is 2.35. The molecule has 98 valence electrons. The van der Waals surface area contributed by atoms with E-state index in [1.165, 1.54) is 6.07 Å². The van der Waals surface area contributed by atoms with E-state index in [4.69, 9.17) is 11.5 Å². The molecule has 1 rings (SSSR count). The first kappa shape index (κ1) is 14.0. The summed E-state index contributed by atoms with van der Waals surface area (Å²) in [6, 6.07) is 4.65. The van der Waals surface area contributed by atoms with E-state index in [1.807, 2.05) is 0 Å². The van der Waals surface area contributed by atoms with Crippen molar-refractivity contribution in [3.8, 4) is 0 Å². The summed E-state index contributed by atoms with van der Waals surface area (Å²) in [7, 11) is 0. The summed E-state index contributed by atoms with van der Waals surface area (Å²) < 4.78 is 0. The fraction of sp³-hybridized carbons (Fsp3) is 0.385. The van der Waals surface area contributed by atoms with Crippen LogP contribution in [-0.4, -0.2) is 18.4 Å². The smallest absolute Gasteiger partial charge is 0.248 e. The largest absolute Gasteiger partial charge is 0.385 e. The van der Waals surface area contributed by atoms with Crippen molar-refractivity contribution in [3.63, 3.8) is 0 Å². The molecule has 1 aromatic carbocycles. The molecule has 2 amide bonds. The number of nitrogens with one attached hydrogen (secondary N) is 1. The number of rotatable bonds is 6. The van der Waals surface area contributed by atoms with Crippen LogP contribution in [0.3, 0.4) is 0 Å². The van der Waals surface area contributed by atoms with E-state index < -0.39 is 11.8 Å². The maximum Gasteiger partial charge on any atom is 0.248 e. The van der Waals surface area contributed by atoms with E-state index >= 15 is 0 Å². The number of hydrogen-bond donors (Lipinski definition) is 3. The van der Waals surface area contributed by atoms with Crippen LogP contribution >= 0.6 is 0 Å². The number of carbonyl (C=O) groups excluding carboxylic acids is 2. The van der Waals surface area contributed by atoms with Gasteiger partial charge >= 0.3 is 0 Å². The van der Waals surface area contributed by atoms with E-state index in [2.05, 4.69) is 19.2 Å². The van der Waals surface area contributed by atoms with Gasteiger partial charge in [0.1, 0.15) is 0 Å². The third-order valence-corrected chi connectivity index (χ3v) is 2.85. The summed E-state index contributed by atoms with van der Waals surface area (Å²) in [4.78, 5) is 22.3. The second kappa shape index (κ2) is 6.05. The minimum Gasteiger partial charge on any atom is -0.385 e. The topological polar surface area (TPSA) is 98.2 Å². The first-order valence-electron chi connectivity index (χ1n) is 5.92. The van der Waals surface area contributed by atoms with Crippen LogP contribution < -0.4 is 16.8 Å². The quantitative estimate of drug-likeness (QED) is 0.709. The minimum atomic E-state index is -0.579. The molecule has 5 N–H and O–H groups in total. The lowest BCUT2D eigenvalue weighted by Crippen LogP contribution is -2.17. The van der Waals surface area contributed by atoms with Gasteiger partial charge in [0.2, 0.25) is 11.8 Å². The molecular weight excluding hydrogens is 230 g/mol. The Morgan fingerprint density at radius 2 is 1.67 bits per heavy atom. The summed E-state index contributed by atoms with van der Waals surface area (Å²) in [6.07, 6.45) is 1.05. The highest BCUT2D eigenvalue weighted by Crippen LogP contribution is 2.15. The van der Waals surface area contributed by atoms with Crippen LogP contribution in [0.4, 0.5) is 5.69 Å². The highest BCUT2D eigenvalue weighted by molar-refractivity contribution is 5.99. The second-order valence-electron chi connectivity index (χ2n) is 4.42. The predicted octanol–water partition coefficient (Wildman–Crippen LogP) is 1.34. The van der Waals surface area contributed by atoms with Gasteiger partial charge in [-0.25, -0.2) is 0 Å². The Kier molecular flexibility index (Phi) is 4.71. The molecule has 1 unspecified atom stereocenters. The lowest BCUT2D eigenvalue weighted by molar-refractivity contribution is 0.0999. The molecule has 0 bridgehead atoms. The molecule has 0 saturated heterocycles. The molecule has 0 radical (unpaired) electrons. The van der Waals surface area contributed by atoms with Gasteiger partial charge in [-0.15, -0.1) is 0 Å². The molecule has 1 atom stereocenters. The molecule has 0 aromatic heterocycles. The SMILES string of the molecule is CCC(C)CNc1cc(C(N)=O)cc(C(N)=O)c1. The van der Waals surface area contributed by atoms with Crippen molar-refractivity contribution in [1.29, 1.82) is 0 Å². The summed E-state index contributed by atoms with van der Waals surface area (Å²) in [6.45, 7) is 4.97. The molecule has 18 heavy (non-hydrogen) atoms. The van der Waals surface area contributed by atoms with E-state index in [9.17, 15) is 9.59 Å². The molecular formula is C13H19N3O2. The maximum absolute atomic E-state index is 11.2. The van der Waals surface area contributed by atoms with Gasteiger partial charge in [0, 0.05) is 23.4 Å². The summed E-state index contributed by atoms with van der Waals surface area (Å²) in [5.74, 6) is -0.659. The van der Waals surface area contributed by atoms with Gasteiger partial charge in [0.25, 0.3) is 0 Å². The van der Waals surface area contributed by atoms with Crippen molar-refractivity contribution in [2.24, 2.45) is 17.4 Å². The summed E-state index contributed by atoms with van der Waals surface area (Å²) >= 11 is 0. The molecule has 0 fully saturated rings. The van der Waals surface area contributed by atoms with Gasteiger partial charge in [0.05, 0.1) is 0 Å². The van der Waals surface area contributed by atoms with Crippen LogP contribution in [-0.2, 0) is 0 Å². The maximum atomic E-state index is 11.2. The van der Waals surface area contributed by atoms with Crippen LogP contribution in [0.5, 0.6) is 0 Å². The fourth-order valence-electron chi connectivity index (χ4n) is 1.45. The molecule has 0 heterocycles. The van der Waals surface area contributed by atoms with E-state index in [0.717, 1.165) is 13.0 Å². The number of carbonyl (C=O) groups is 2. The average molecular weight is 249 g/mol. The summed E-state index contributed by atoms with van der Waals surface area (Å²) in [5.41, 5.74) is 11.7. The lowest BCUT2D eigenvalue weighted by atomic mass is 10.1. The third kappa shape index (κ3) is 3.76. The number of primary amides is 2. The van der Waals surface area contributed by atoms with Gasteiger partial charge in [-0.3, -0.25) is 9.59 Å². The highest BCUT2D eigenvalue weighted by atomic mass is 16.1. The Morgan fingerprint density at radius 1 is 1.17 bits per heavy atom. The minimum absolute atomic E-state index is 0.276. The van der Waals surface area contributed by atoms with Gasteiger partial charge in [-0.05, 0) is 24.1 Å². The molecule has 0 spiro atoms. The number of benzene rings is 1. The zero-order chi connectivity index (χ0) is 13.7. The van der Waals surface area contributed by atoms with Crippen LogP contribution in [0.2, 0.25) is 0 Å². The Hall–Kier alpha value is -2.04. The highest BCUT2D eigenvalue weighted by Gasteiger charge is 2.09. The molecule has 5 nitrogen and oxygen atoms in total. The van der Waals surface area contributed by atoms with Crippen molar-refractivity contribution < 1.29 is 9.59 Å². The van der Waals surface area contributed by atoms with Crippen molar-refractivity contribution in [2.45, 2.75) is 20.3 Å². The van der Waals surface area contributed by atoms with E-state index in [1.54, 1.807) is 12.1 Å². The van der Waals surface area contributed by atoms with Crippen LogP contribution in [0.1, 0.15) is 41.0 Å². The molecule has 0 aliphatic carbocycles. The van der Waals surface area contributed by atoms with Crippen LogP contribution in [0, 0.1) is 5.92 Å². The van der Waals surface area contributed by atoms with Crippen LogP contribution in [0.25, 0.3) is 0 Å².